The summed E-state index contributed by atoms with van der Waals surface area (Å²) in [6.45, 7) is 8.99. The van der Waals surface area contributed by atoms with Gasteiger partial charge in [0.2, 0.25) is 11.8 Å². The predicted molar refractivity (Wildman–Crippen MR) is 76.7 cm³/mol. The Morgan fingerprint density at radius 2 is 2.00 bits per heavy atom. The Labute approximate surface area is 116 Å². The molecule has 0 saturated carbocycles. The largest absolute Gasteiger partial charge is 0.344 e. The molecule has 0 aromatic heterocycles. The second kappa shape index (κ2) is 7.51. The molecule has 110 valence electrons. The van der Waals surface area contributed by atoms with Crippen LogP contribution in [0, 0.1) is 5.92 Å². The number of amides is 2. The molecule has 1 saturated heterocycles. The van der Waals surface area contributed by atoms with Gasteiger partial charge in [-0.15, -0.1) is 0 Å². The van der Waals surface area contributed by atoms with Crippen LogP contribution in [-0.2, 0) is 9.59 Å². The molecule has 2 amide bonds. The summed E-state index contributed by atoms with van der Waals surface area (Å²) in [5.74, 6) is 0.521. The molecule has 0 bridgehead atoms. The van der Waals surface area contributed by atoms with Gasteiger partial charge in [0.1, 0.15) is 6.04 Å². The highest BCUT2D eigenvalue weighted by Crippen LogP contribution is 2.18. The third kappa shape index (κ3) is 4.51. The van der Waals surface area contributed by atoms with Crippen molar-refractivity contribution >= 4 is 11.8 Å². The molecule has 1 heterocycles. The van der Waals surface area contributed by atoms with Gasteiger partial charge >= 0.3 is 0 Å². The second-order valence-corrected chi connectivity index (χ2v) is 5.88. The van der Waals surface area contributed by atoms with E-state index in [2.05, 4.69) is 33.0 Å². The lowest BCUT2D eigenvalue weighted by Gasteiger charge is -2.32. The molecule has 19 heavy (non-hydrogen) atoms. The standard InChI is InChI=1S/C15H28N2O2/c1-5-7-12(6-2)17-9-8-14(18)16-13(15(17)19)10-11(3)4/h11-13H,5-10H2,1-4H3,(H,16,18). The van der Waals surface area contributed by atoms with E-state index >= 15 is 0 Å². The maximum absolute atomic E-state index is 12.6. The van der Waals surface area contributed by atoms with Gasteiger partial charge in [-0.3, -0.25) is 9.59 Å². The smallest absolute Gasteiger partial charge is 0.245 e. The summed E-state index contributed by atoms with van der Waals surface area (Å²) in [4.78, 5) is 26.3. The zero-order valence-electron chi connectivity index (χ0n) is 12.7. The number of rotatable bonds is 6. The van der Waals surface area contributed by atoms with E-state index in [9.17, 15) is 9.59 Å². The van der Waals surface area contributed by atoms with Gasteiger partial charge in [-0.25, -0.2) is 0 Å². The topological polar surface area (TPSA) is 49.4 Å². The second-order valence-electron chi connectivity index (χ2n) is 5.88. The third-order valence-corrected chi connectivity index (χ3v) is 3.74. The minimum Gasteiger partial charge on any atom is -0.344 e. The fourth-order valence-electron chi connectivity index (χ4n) is 2.77. The summed E-state index contributed by atoms with van der Waals surface area (Å²) in [5.41, 5.74) is 0. The maximum atomic E-state index is 12.6. The Hall–Kier alpha value is -1.06. The van der Waals surface area contributed by atoms with Crippen LogP contribution < -0.4 is 5.32 Å². The highest BCUT2D eigenvalue weighted by atomic mass is 16.2. The summed E-state index contributed by atoms with van der Waals surface area (Å²) < 4.78 is 0. The highest BCUT2D eigenvalue weighted by Gasteiger charge is 2.33. The molecule has 1 aliphatic rings. The Balaban J connectivity index is 2.84. The van der Waals surface area contributed by atoms with Gasteiger partial charge in [-0.05, 0) is 25.2 Å². The number of nitrogens with zero attached hydrogens (tertiary/aromatic N) is 1. The molecule has 0 aliphatic carbocycles. The Bertz CT molecular complexity index is 315. The quantitative estimate of drug-likeness (QED) is 0.803. The summed E-state index contributed by atoms with van der Waals surface area (Å²) in [6.07, 6.45) is 4.20. The van der Waals surface area contributed by atoms with Crippen molar-refractivity contribution in [3.8, 4) is 0 Å². The summed E-state index contributed by atoms with van der Waals surface area (Å²) in [5, 5.41) is 2.88. The molecule has 2 atom stereocenters. The van der Waals surface area contributed by atoms with Crippen LogP contribution in [0.25, 0.3) is 0 Å². The van der Waals surface area contributed by atoms with Crippen molar-refractivity contribution in [1.82, 2.24) is 10.2 Å². The predicted octanol–water partition coefficient (Wildman–Crippen LogP) is 2.33. The van der Waals surface area contributed by atoms with Crippen LogP contribution in [0.5, 0.6) is 0 Å². The fraction of sp³-hybridized carbons (Fsp3) is 0.867. The number of hydrogen-bond donors (Lipinski definition) is 1. The van der Waals surface area contributed by atoms with E-state index in [1.54, 1.807) is 0 Å². The van der Waals surface area contributed by atoms with Crippen LogP contribution in [-0.4, -0.2) is 35.3 Å². The van der Waals surface area contributed by atoms with E-state index in [0.717, 1.165) is 25.7 Å². The molecular formula is C15H28N2O2. The van der Waals surface area contributed by atoms with Crippen LogP contribution in [0.2, 0.25) is 0 Å². The van der Waals surface area contributed by atoms with E-state index in [0.29, 0.717) is 18.9 Å². The van der Waals surface area contributed by atoms with Crippen LogP contribution in [0.4, 0.5) is 0 Å². The van der Waals surface area contributed by atoms with Crippen molar-refractivity contribution in [2.75, 3.05) is 6.54 Å². The van der Waals surface area contributed by atoms with Gasteiger partial charge in [-0.2, -0.15) is 0 Å². The number of carbonyl (C=O) groups excluding carboxylic acids is 2. The van der Waals surface area contributed by atoms with Gasteiger partial charge in [0.15, 0.2) is 0 Å². The first-order chi connectivity index (χ1) is 8.99. The van der Waals surface area contributed by atoms with Gasteiger partial charge in [0.05, 0.1) is 0 Å². The summed E-state index contributed by atoms with van der Waals surface area (Å²) in [6, 6.07) is -0.0548. The molecule has 0 spiro atoms. The monoisotopic (exact) mass is 268 g/mol. The molecule has 1 aliphatic heterocycles. The zero-order valence-corrected chi connectivity index (χ0v) is 12.7. The fourth-order valence-corrected chi connectivity index (χ4v) is 2.77. The van der Waals surface area contributed by atoms with Crippen molar-refractivity contribution in [2.24, 2.45) is 5.92 Å². The van der Waals surface area contributed by atoms with Crippen molar-refractivity contribution in [2.45, 2.75) is 71.9 Å². The van der Waals surface area contributed by atoms with E-state index in [1.165, 1.54) is 0 Å². The lowest BCUT2D eigenvalue weighted by Crippen LogP contribution is -2.48. The van der Waals surface area contributed by atoms with E-state index in [1.807, 2.05) is 4.90 Å². The van der Waals surface area contributed by atoms with Gasteiger partial charge < -0.3 is 10.2 Å². The molecule has 2 unspecified atom stereocenters. The van der Waals surface area contributed by atoms with Crippen molar-refractivity contribution in [3.05, 3.63) is 0 Å². The summed E-state index contributed by atoms with van der Waals surface area (Å²) in [7, 11) is 0. The van der Waals surface area contributed by atoms with Crippen LogP contribution in [0.3, 0.4) is 0 Å². The molecule has 1 N–H and O–H groups in total. The van der Waals surface area contributed by atoms with Crippen LogP contribution in [0.1, 0.15) is 59.8 Å². The molecule has 1 fully saturated rings. The lowest BCUT2D eigenvalue weighted by molar-refractivity contribution is -0.136. The normalized spacial score (nSPS) is 22.4. The SMILES string of the molecule is CCCC(CC)N1CCC(=O)NC(CC(C)C)C1=O. The number of nitrogens with one attached hydrogen (secondary N) is 1. The Morgan fingerprint density at radius 3 is 2.53 bits per heavy atom. The maximum Gasteiger partial charge on any atom is 0.245 e. The summed E-state index contributed by atoms with van der Waals surface area (Å²) >= 11 is 0. The van der Waals surface area contributed by atoms with Gasteiger partial charge in [-0.1, -0.05) is 34.1 Å². The average molecular weight is 268 g/mol. The van der Waals surface area contributed by atoms with E-state index in [4.69, 9.17) is 0 Å². The highest BCUT2D eigenvalue weighted by molar-refractivity contribution is 5.90. The van der Waals surface area contributed by atoms with Gasteiger partial charge in [0.25, 0.3) is 0 Å². The number of hydrogen-bond acceptors (Lipinski definition) is 2. The molecule has 4 heteroatoms. The molecule has 0 aromatic carbocycles. The zero-order chi connectivity index (χ0) is 14.4. The molecular weight excluding hydrogens is 240 g/mol. The number of carbonyl (C=O) groups is 2. The van der Waals surface area contributed by atoms with Crippen molar-refractivity contribution in [1.29, 1.82) is 0 Å². The third-order valence-electron chi connectivity index (χ3n) is 3.74. The molecule has 0 aromatic rings. The first kappa shape index (κ1) is 16.0. The first-order valence-electron chi connectivity index (χ1n) is 7.59. The molecule has 0 radical (unpaired) electrons. The van der Waals surface area contributed by atoms with E-state index < -0.39 is 0 Å². The van der Waals surface area contributed by atoms with Crippen molar-refractivity contribution in [3.63, 3.8) is 0 Å². The van der Waals surface area contributed by atoms with Crippen LogP contribution in [0.15, 0.2) is 0 Å². The lowest BCUT2D eigenvalue weighted by atomic mass is 10.0. The van der Waals surface area contributed by atoms with Crippen molar-refractivity contribution < 1.29 is 9.59 Å². The minimum absolute atomic E-state index is 0.00727. The van der Waals surface area contributed by atoms with Gasteiger partial charge in [0, 0.05) is 19.0 Å². The Morgan fingerprint density at radius 1 is 1.32 bits per heavy atom. The van der Waals surface area contributed by atoms with Crippen LogP contribution >= 0.6 is 0 Å². The first-order valence-corrected chi connectivity index (χ1v) is 7.59. The molecule has 1 rings (SSSR count). The minimum atomic E-state index is -0.332. The van der Waals surface area contributed by atoms with E-state index in [-0.39, 0.29) is 23.9 Å². The Kier molecular flexibility index (Phi) is 6.32. The average Bonchev–Trinajstić information content (AvgIpc) is 2.47. The molecule has 4 nitrogen and oxygen atoms in total.